The Bertz CT molecular complexity index is 766. The van der Waals surface area contributed by atoms with Crippen molar-refractivity contribution in [2.24, 2.45) is 5.92 Å². The molecule has 0 aromatic heterocycles. The minimum atomic E-state index is -0.460. The number of hydrogen-bond donors (Lipinski definition) is 1. The molecule has 0 saturated carbocycles. The van der Waals surface area contributed by atoms with Crippen LogP contribution in [0.15, 0.2) is 53.0 Å². The number of nitrogens with zero attached hydrogens (tertiary/aromatic N) is 1. The molecular weight excluding hydrogens is 363 g/mol. The maximum absolute atomic E-state index is 13.2. The van der Waals surface area contributed by atoms with Crippen LogP contribution < -0.4 is 10.2 Å². The average molecular weight is 377 g/mol. The van der Waals surface area contributed by atoms with Gasteiger partial charge in [-0.3, -0.25) is 9.59 Å². The van der Waals surface area contributed by atoms with E-state index in [1.807, 2.05) is 24.3 Å². The molecule has 1 atom stereocenters. The van der Waals surface area contributed by atoms with Crippen molar-refractivity contribution in [3.8, 4) is 0 Å². The number of anilines is 2. The molecule has 1 aliphatic rings. The van der Waals surface area contributed by atoms with Crippen LogP contribution in [0.2, 0.25) is 0 Å². The Hall–Kier alpha value is -2.21. The second-order valence-electron chi connectivity index (χ2n) is 5.36. The van der Waals surface area contributed by atoms with Crippen LogP contribution in [-0.2, 0) is 9.59 Å². The summed E-state index contributed by atoms with van der Waals surface area (Å²) in [6.45, 7) is 0.308. The van der Waals surface area contributed by atoms with Gasteiger partial charge in [0.1, 0.15) is 5.82 Å². The van der Waals surface area contributed by atoms with E-state index in [1.54, 1.807) is 11.0 Å². The van der Waals surface area contributed by atoms with Gasteiger partial charge in [0.15, 0.2) is 0 Å². The molecule has 0 spiro atoms. The molecule has 0 bridgehead atoms. The molecule has 0 radical (unpaired) electrons. The van der Waals surface area contributed by atoms with Gasteiger partial charge in [0, 0.05) is 23.1 Å². The molecular formula is C17H14BrFN2O2. The standard InChI is InChI=1S/C17H14BrFN2O2/c18-14-6-1-2-7-15(14)21-10-11(8-16(21)22)17(23)20-13-5-3-4-12(19)9-13/h1-7,9,11H,8,10H2,(H,20,23)/t11-/m0/s1. The van der Waals surface area contributed by atoms with E-state index >= 15 is 0 Å². The zero-order chi connectivity index (χ0) is 16.4. The molecule has 1 N–H and O–H groups in total. The van der Waals surface area contributed by atoms with E-state index in [4.69, 9.17) is 0 Å². The summed E-state index contributed by atoms with van der Waals surface area (Å²) in [5.74, 6) is -1.26. The molecule has 1 aliphatic heterocycles. The summed E-state index contributed by atoms with van der Waals surface area (Å²) in [7, 11) is 0. The van der Waals surface area contributed by atoms with Gasteiger partial charge < -0.3 is 10.2 Å². The van der Waals surface area contributed by atoms with Crippen LogP contribution in [0.1, 0.15) is 6.42 Å². The van der Waals surface area contributed by atoms with Crippen molar-refractivity contribution in [3.05, 3.63) is 58.8 Å². The van der Waals surface area contributed by atoms with Crippen LogP contribution in [0.3, 0.4) is 0 Å². The fraction of sp³-hybridized carbons (Fsp3) is 0.176. The van der Waals surface area contributed by atoms with Crippen LogP contribution in [-0.4, -0.2) is 18.4 Å². The van der Waals surface area contributed by atoms with Crippen LogP contribution in [0.25, 0.3) is 0 Å². The van der Waals surface area contributed by atoms with Crippen LogP contribution in [0, 0.1) is 11.7 Å². The van der Waals surface area contributed by atoms with Crippen LogP contribution in [0.4, 0.5) is 15.8 Å². The lowest BCUT2D eigenvalue weighted by molar-refractivity contribution is -0.122. The quantitative estimate of drug-likeness (QED) is 0.889. The third kappa shape index (κ3) is 3.42. The second kappa shape index (κ2) is 6.50. The predicted molar refractivity (Wildman–Crippen MR) is 89.6 cm³/mol. The lowest BCUT2D eigenvalue weighted by Crippen LogP contribution is -2.28. The molecule has 1 heterocycles. The Morgan fingerprint density at radius 3 is 2.74 bits per heavy atom. The van der Waals surface area contributed by atoms with Gasteiger partial charge in [-0.1, -0.05) is 18.2 Å². The predicted octanol–water partition coefficient (Wildman–Crippen LogP) is 3.58. The van der Waals surface area contributed by atoms with Gasteiger partial charge in [-0.25, -0.2) is 4.39 Å². The molecule has 0 unspecified atom stereocenters. The number of amides is 2. The van der Waals surface area contributed by atoms with E-state index in [1.165, 1.54) is 18.2 Å². The lowest BCUT2D eigenvalue weighted by atomic mass is 10.1. The molecule has 3 rings (SSSR count). The summed E-state index contributed by atoms with van der Waals surface area (Å²) in [6, 6.07) is 13.1. The molecule has 6 heteroatoms. The number of hydrogen-bond acceptors (Lipinski definition) is 2. The summed E-state index contributed by atoms with van der Waals surface area (Å²) in [5.41, 5.74) is 1.14. The van der Waals surface area contributed by atoms with E-state index in [2.05, 4.69) is 21.2 Å². The van der Waals surface area contributed by atoms with E-state index < -0.39 is 11.7 Å². The van der Waals surface area contributed by atoms with Crippen molar-refractivity contribution in [2.45, 2.75) is 6.42 Å². The van der Waals surface area contributed by atoms with Gasteiger partial charge in [0.05, 0.1) is 11.6 Å². The molecule has 2 aromatic carbocycles. The van der Waals surface area contributed by atoms with Crippen molar-refractivity contribution in [1.29, 1.82) is 0 Å². The topological polar surface area (TPSA) is 49.4 Å². The number of halogens is 2. The van der Waals surface area contributed by atoms with Gasteiger partial charge >= 0.3 is 0 Å². The SMILES string of the molecule is O=C(Nc1cccc(F)c1)[C@H]1CC(=O)N(c2ccccc2Br)C1. The number of para-hydroxylation sites is 1. The maximum Gasteiger partial charge on any atom is 0.229 e. The van der Waals surface area contributed by atoms with Crippen molar-refractivity contribution in [3.63, 3.8) is 0 Å². The summed E-state index contributed by atoms with van der Waals surface area (Å²) < 4.78 is 14.0. The first kappa shape index (κ1) is 15.7. The highest BCUT2D eigenvalue weighted by atomic mass is 79.9. The summed E-state index contributed by atoms with van der Waals surface area (Å²) >= 11 is 3.42. The number of carbonyl (C=O) groups is 2. The fourth-order valence-electron chi connectivity index (χ4n) is 2.60. The van der Waals surface area contributed by atoms with E-state index in [9.17, 15) is 14.0 Å². The normalized spacial score (nSPS) is 17.4. The first-order chi connectivity index (χ1) is 11.0. The van der Waals surface area contributed by atoms with Crippen molar-refractivity contribution >= 4 is 39.1 Å². The summed E-state index contributed by atoms with van der Waals surface area (Å²) in [5, 5.41) is 2.66. The third-order valence-electron chi connectivity index (χ3n) is 3.73. The Morgan fingerprint density at radius 2 is 2.00 bits per heavy atom. The van der Waals surface area contributed by atoms with E-state index in [0.717, 1.165) is 10.2 Å². The second-order valence-corrected chi connectivity index (χ2v) is 6.21. The number of rotatable bonds is 3. The molecule has 0 aliphatic carbocycles. The number of nitrogens with one attached hydrogen (secondary N) is 1. The Balaban J connectivity index is 1.72. The Kier molecular flexibility index (Phi) is 4.43. The van der Waals surface area contributed by atoms with Crippen molar-refractivity contribution in [2.75, 3.05) is 16.8 Å². The highest BCUT2D eigenvalue weighted by Crippen LogP contribution is 2.31. The molecule has 1 saturated heterocycles. The Labute approximate surface area is 141 Å². The average Bonchev–Trinajstić information content (AvgIpc) is 2.90. The molecule has 23 heavy (non-hydrogen) atoms. The van der Waals surface area contributed by atoms with E-state index in [-0.39, 0.29) is 18.2 Å². The highest BCUT2D eigenvalue weighted by Gasteiger charge is 2.35. The minimum absolute atomic E-state index is 0.101. The van der Waals surface area contributed by atoms with Crippen molar-refractivity contribution < 1.29 is 14.0 Å². The van der Waals surface area contributed by atoms with Gasteiger partial charge in [-0.15, -0.1) is 0 Å². The first-order valence-electron chi connectivity index (χ1n) is 7.16. The molecule has 2 amide bonds. The highest BCUT2D eigenvalue weighted by molar-refractivity contribution is 9.10. The Morgan fingerprint density at radius 1 is 1.22 bits per heavy atom. The third-order valence-corrected chi connectivity index (χ3v) is 4.40. The van der Waals surface area contributed by atoms with Crippen LogP contribution >= 0.6 is 15.9 Å². The van der Waals surface area contributed by atoms with Crippen LogP contribution in [0.5, 0.6) is 0 Å². The zero-order valence-electron chi connectivity index (χ0n) is 12.1. The summed E-state index contributed by atoms with van der Waals surface area (Å²) in [6.07, 6.45) is 0.141. The lowest BCUT2D eigenvalue weighted by Gasteiger charge is -2.18. The molecule has 2 aromatic rings. The molecule has 118 valence electrons. The van der Waals surface area contributed by atoms with Gasteiger partial charge in [-0.2, -0.15) is 0 Å². The molecule has 1 fully saturated rings. The zero-order valence-corrected chi connectivity index (χ0v) is 13.7. The van der Waals surface area contributed by atoms with E-state index in [0.29, 0.717) is 12.2 Å². The monoisotopic (exact) mass is 376 g/mol. The van der Waals surface area contributed by atoms with Gasteiger partial charge in [0.2, 0.25) is 11.8 Å². The largest absolute Gasteiger partial charge is 0.326 e. The van der Waals surface area contributed by atoms with Crippen molar-refractivity contribution in [1.82, 2.24) is 0 Å². The maximum atomic E-state index is 13.2. The fourth-order valence-corrected chi connectivity index (χ4v) is 3.10. The minimum Gasteiger partial charge on any atom is -0.326 e. The number of benzene rings is 2. The molecule has 4 nitrogen and oxygen atoms in total. The smallest absolute Gasteiger partial charge is 0.229 e. The van der Waals surface area contributed by atoms with Gasteiger partial charge in [-0.05, 0) is 46.3 Å². The summed E-state index contributed by atoms with van der Waals surface area (Å²) in [4.78, 5) is 26.1. The van der Waals surface area contributed by atoms with Gasteiger partial charge in [0.25, 0.3) is 0 Å². The number of carbonyl (C=O) groups excluding carboxylic acids is 2. The first-order valence-corrected chi connectivity index (χ1v) is 7.95.